The molecule has 0 radical (unpaired) electrons. The monoisotopic (exact) mass is 932 g/mol. The standard InChI is InChI=1S/C48H54F2N4O11S/c1-25(51-39(59)17-19-54-40(60)14-15-41(54)61)43(62)52-26(2)44(63)53(5)28-8-12-31(13-9-28)66-30-10-6-27(7-11-30)45(64)65-37-22-32-33-21-35(49)34-20-29(56)16-18-47(34,4)48(33,50)38(58)23-46(32,3)42(37)36(57)24-55/h6-16,18,20,25-26,32-33,35,37-38,42,45,55,58,64H,17,19,21-24H2,1-5H3,(H,51,59)(H,52,62)/t25-,26-,32-,33-,35-,37+,38-,42-,45+,46-,47-,48-/m0/s1. The predicted octanol–water partition coefficient (Wildman–Crippen LogP) is 3.61. The molecule has 0 unspecified atom stereocenters. The van der Waals surface area contributed by atoms with Crippen molar-refractivity contribution in [1.82, 2.24) is 15.5 Å². The molecule has 352 valence electrons. The van der Waals surface area contributed by atoms with Crippen LogP contribution >= 0.6 is 11.8 Å². The Bertz CT molecular complexity index is 2380. The normalized spacial score (nSPS) is 31.3. The number of nitrogens with one attached hydrogen (secondary N) is 2. The van der Waals surface area contributed by atoms with E-state index in [0.29, 0.717) is 11.3 Å². The average Bonchev–Trinajstić information content (AvgIpc) is 3.76. The number of alkyl halides is 2. The summed E-state index contributed by atoms with van der Waals surface area (Å²) in [7, 11) is 1.56. The first kappa shape index (κ1) is 48.5. The highest BCUT2D eigenvalue weighted by Gasteiger charge is 2.73. The van der Waals surface area contributed by atoms with E-state index in [9.17, 15) is 48.9 Å². The fourth-order valence-corrected chi connectivity index (χ4v) is 11.7. The number of fused-ring (bicyclic) bond motifs is 5. The number of hydrogen-bond acceptors (Lipinski definition) is 12. The van der Waals surface area contributed by atoms with Crippen LogP contribution in [0, 0.1) is 28.6 Å². The van der Waals surface area contributed by atoms with Gasteiger partial charge in [-0.05, 0) is 105 Å². The molecule has 0 saturated heterocycles. The van der Waals surface area contributed by atoms with Crippen LogP contribution in [0.5, 0.6) is 0 Å². The summed E-state index contributed by atoms with van der Waals surface area (Å²) in [6.45, 7) is 5.20. The van der Waals surface area contributed by atoms with E-state index in [1.54, 1.807) is 62.5 Å². The number of likely N-dealkylation sites (N-methyl/N-ethyl adjacent to an activating group) is 1. The van der Waals surface area contributed by atoms with Crippen molar-refractivity contribution in [3.63, 3.8) is 0 Å². The van der Waals surface area contributed by atoms with Crippen LogP contribution in [-0.4, -0.2) is 118 Å². The number of benzene rings is 2. The number of nitrogens with zero attached hydrogens (tertiary/aromatic N) is 2. The molecule has 18 heteroatoms. The molecule has 4 aliphatic carbocycles. The molecule has 0 aromatic heterocycles. The molecule has 5 aliphatic rings. The molecule has 0 bridgehead atoms. The Balaban J connectivity index is 0.939. The van der Waals surface area contributed by atoms with Gasteiger partial charge in [-0.1, -0.05) is 36.9 Å². The lowest BCUT2D eigenvalue weighted by molar-refractivity contribution is -0.203. The number of ketones is 2. The van der Waals surface area contributed by atoms with Gasteiger partial charge in [-0.3, -0.25) is 38.5 Å². The number of rotatable bonds is 15. The summed E-state index contributed by atoms with van der Waals surface area (Å²) in [6.07, 6.45) is -0.596. The van der Waals surface area contributed by atoms with E-state index in [4.69, 9.17) is 4.74 Å². The minimum atomic E-state index is -2.37. The van der Waals surface area contributed by atoms with Crippen molar-refractivity contribution in [1.29, 1.82) is 0 Å². The Morgan fingerprint density at radius 1 is 0.924 bits per heavy atom. The fraction of sp³-hybridized carbons (Fsp3) is 0.479. The average molecular weight is 933 g/mol. The van der Waals surface area contributed by atoms with Gasteiger partial charge in [-0.2, -0.15) is 0 Å². The SMILES string of the molecule is C[C@H](NC(=O)CCN1C(=O)C=CC1=O)C(=O)N[C@@H](C)C(=O)N(C)c1ccc(Sc2ccc([C@H](O)O[C@@H]3C[C@H]4[C@@H]5C[C@H](F)C6=CC(=O)C=C[C@]6(C)[C@@]5(F)[C@@H](O)C[C@]4(C)[C@H]3C(=O)CO)cc2)cc1. The summed E-state index contributed by atoms with van der Waals surface area (Å²) in [5.41, 5.74) is -4.20. The number of aliphatic hydroxyl groups is 3. The molecule has 2 aromatic carbocycles. The van der Waals surface area contributed by atoms with Gasteiger partial charge < -0.3 is 35.6 Å². The van der Waals surface area contributed by atoms with Gasteiger partial charge in [0.15, 0.2) is 23.5 Å². The minimum absolute atomic E-state index is 0.0168. The molecule has 1 aliphatic heterocycles. The molecule has 5 amide bonds. The van der Waals surface area contributed by atoms with Gasteiger partial charge in [0.2, 0.25) is 17.7 Å². The lowest BCUT2D eigenvalue weighted by Crippen LogP contribution is -2.68. The maximum Gasteiger partial charge on any atom is 0.253 e. The number of carbonyl (C=O) groups is 7. The van der Waals surface area contributed by atoms with Crippen molar-refractivity contribution < 1.29 is 62.4 Å². The number of halogens is 2. The summed E-state index contributed by atoms with van der Waals surface area (Å²) in [4.78, 5) is 91.4. The number of carbonyl (C=O) groups excluding carboxylic acids is 7. The van der Waals surface area contributed by atoms with Gasteiger partial charge >= 0.3 is 0 Å². The van der Waals surface area contributed by atoms with Crippen LogP contribution in [-0.2, 0) is 38.3 Å². The molecule has 12 atom stereocenters. The molecule has 7 rings (SSSR count). The Morgan fingerprint density at radius 2 is 1.55 bits per heavy atom. The van der Waals surface area contributed by atoms with Crippen LogP contribution in [0.2, 0.25) is 0 Å². The third kappa shape index (κ3) is 8.80. The van der Waals surface area contributed by atoms with E-state index in [1.807, 2.05) is 0 Å². The van der Waals surface area contributed by atoms with Gasteiger partial charge in [-0.15, -0.1) is 0 Å². The van der Waals surface area contributed by atoms with E-state index in [0.717, 1.165) is 32.9 Å². The summed E-state index contributed by atoms with van der Waals surface area (Å²) in [5.74, 6) is -6.44. The molecular formula is C48H54F2N4O11S. The van der Waals surface area contributed by atoms with Crippen molar-refractivity contribution in [2.45, 2.75) is 106 Å². The van der Waals surface area contributed by atoms with Gasteiger partial charge in [0.05, 0.1) is 18.1 Å². The van der Waals surface area contributed by atoms with Crippen molar-refractivity contribution >= 4 is 58.6 Å². The first-order valence-electron chi connectivity index (χ1n) is 21.8. The molecule has 2 aromatic rings. The minimum Gasteiger partial charge on any atom is -0.390 e. The lowest BCUT2D eigenvalue weighted by Gasteiger charge is -2.62. The zero-order valence-electron chi connectivity index (χ0n) is 37.1. The smallest absolute Gasteiger partial charge is 0.253 e. The summed E-state index contributed by atoms with van der Waals surface area (Å²) in [5, 5.41) is 38.1. The highest BCUT2D eigenvalue weighted by Crippen LogP contribution is 2.69. The maximum atomic E-state index is 17.7. The molecular weight excluding hydrogens is 879 g/mol. The number of ether oxygens (including phenoxy) is 1. The van der Waals surface area contributed by atoms with Crippen LogP contribution in [0.25, 0.3) is 0 Å². The Hall–Kier alpha value is -5.40. The van der Waals surface area contributed by atoms with Gasteiger partial charge in [-0.25, -0.2) is 8.78 Å². The Kier molecular flexibility index (Phi) is 13.8. The third-order valence-corrected chi connectivity index (χ3v) is 15.4. The second-order valence-corrected chi connectivity index (χ2v) is 19.5. The van der Waals surface area contributed by atoms with E-state index >= 15 is 8.78 Å². The first-order chi connectivity index (χ1) is 31.1. The van der Waals surface area contributed by atoms with Crippen LogP contribution in [0.4, 0.5) is 14.5 Å². The van der Waals surface area contributed by atoms with Crippen molar-refractivity contribution in [3.8, 4) is 0 Å². The van der Waals surface area contributed by atoms with Crippen LogP contribution in [0.3, 0.4) is 0 Å². The lowest BCUT2D eigenvalue weighted by atomic mass is 9.45. The van der Waals surface area contributed by atoms with E-state index < -0.39 is 119 Å². The summed E-state index contributed by atoms with van der Waals surface area (Å²) in [6, 6.07) is 11.9. The highest BCUT2D eigenvalue weighted by atomic mass is 32.2. The second kappa shape index (κ2) is 18.7. The molecule has 3 saturated carbocycles. The van der Waals surface area contributed by atoms with Crippen LogP contribution in [0.15, 0.2) is 94.3 Å². The number of allylic oxidation sites excluding steroid dienone is 4. The Labute approximate surface area is 384 Å². The summed E-state index contributed by atoms with van der Waals surface area (Å²) < 4.78 is 39.8. The van der Waals surface area contributed by atoms with Crippen molar-refractivity contribution in [2.24, 2.45) is 28.6 Å². The summed E-state index contributed by atoms with van der Waals surface area (Å²) >= 11 is 1.40. The van der Waals surface area contributed by atoms with E-state index in [-0.39, 0.29) is 37.8 Å². The van der Waals surface area contributed by atoms with Crippen molar-refractivity contribution in [3.05, 3.63) is 90.0 Å². The molecule has 1 heterocycles. The number of imide groups is 1. The van der Waals surface area contributed by atoms with Crippen molar-refractivity contribution in [2.75, 3.05) is 25.1 Å². The molecule has 5 N–H and O–H groups in total. The van der Waals surface area contributed by atoms with Gasteiger partial charge in [0.25, 0.3) is 11.8 Å². The topological polar surface area (TPSA) is 220 Å². The van der Waals surface area contributed by atoms with E-state index in [2.05, 4.69) is 10.6 Å². The highest BCUT2D eigenvalue weighted by molar-refractivity contribution is 7.99. The number of anilines is 1. The van der Waals surface area contributed by atoms with Crippen LogP contribution in [0.1, 0.15) is 65.2 Å². The third-order valence-electron chi connectivity index (χ3n) is 14.4. The quantitative estimate of drug-likeness (QED) is 0.128. The molecule has 66 heavy (non-hydrogen) atoms. The van der Waals surface area contributed by atoms with Gasteiger partial charge in [0, 0.05) is 64.5 Å². The second-order valence-electron chi connectivity index (χ2n) is 18.3. The molecule has 15 nitrogen and oxygen atoms in total. The zero-order valence-corrected chi connectivity index (χ0v) is 37.9. The number of aliphatic hydroxyl groups excluding tert-OH is 3. The zero-order chi connectivity index (χ0) is 48.0. The maximum absolute atomic E-state index is 17.7. The predicted molar refractivity (Wildman–Crippen MR) is 236 cm³/mol. The molecule has 3 fully saturated rings. The van der Waals surface area contributed by atoms with E-state index in [1.165, 1.54) is 49.6 Å². The fourth-order valence-electron chi connectivity index (χ4n) is 10.9. The van der Waals surface area contributed by atoms with Gasteiger partial charge in [0.1, 0.15) is 24.9 Å². The molecule has 0 spiro atoms. The van der Waals surface area contributed by atoms with Crippen LogP contribution < -0.4 is 15.5 Å². The number of Topliss-reactive ketones (excluding diaryl/α,β-unsaturated/α-hetero) is 1. The first-order valence-corrected chi connectivity index (χ1v) is 22.7. The largest absolute Gasteiger partial charge is 0.390 e. The number of amides is 5. The Morgan fingerprint density at radius 3 is 2.17 bits per heavy atom. The number of hydrogen-bond donors (Lipinski definition) is 5.